The molecule has 2 aliphatic heterocycles. The predicted octanol–water partition coefficient (Wildman–Crippen LogP) is 0.990. The molecular formula is C22H30N4O3. The van der Waals surface area contributed by atoms with Gasteiger partial charge in [-0.2, -0.15) is 0 Å². The van der Waals surface area contributed by atoms with Crippen molar-refractivity contribution in [2.24, 2.45) is 0 Å². The number of hydrogen-bond acceptors (Lipinski definition) is 4. The van der Waals surface area contributed by atoms with Gasteiger partial charge in [0.15, 0.2) is 0 Å². The van der Waals surface area contributed by atoms with Gasteiger partial charge in [0.05, 0.1) is 19.0 Å². The highest BCUT2D eigenvalue weighted by Gasteiger charge is 2.36. The van der Waals surface area contributed by atoms with Crippen LogP contribution >= 0.6 is 0 Å². The summed E-state index contributed by atoms with van der Waals surface area (Å²) in [7, 11) is 0. The molecule has 0 spiro atoms. The van der Waals surface area contributed by atoms with E-state index in [9.17, 15) is 14.4 Å². The Hall–Kier alpha value is -2.41. The first-order chi connectivity index (χ1) is 14.1. The molecule has 0 radical (unpaired) electrons. The lowest BCUT2D eigenvalue weighted by Crippen LogP contribution is -2.58. The minimum Gasteiger partial charge on any atom is -0.353 e. The summed E-state index contributed by atoms with van der Waals surface area (Å²) < 4.78 is 0. The van der Waals surface area contributed by atoms with E-state index < -0.39 is 6.04 Å². The highest BCUT2D eigenvalue weighted by atomic mass is 16.2. The maximum absolute atomic E-state index is 12.9. The second-order valence-corrected chi connectivity index (χ2v) is 8.31. The van der Waals surface area contributed by atoms with Crippen LogP contribution in [-0.2, 0) is 20.9 Å². The van der Waals surface area contributed by atoms with Crippen LogP contribution in [0.3, 0.4) is 0 Å². The number of nitrogens with zero attached hydrogens (tertiary/aromatic N) is 3. The third kappa shape index (κ3) is 4.61. The highest BCUT2D eigenvalue weighted by Crippen LogP contribution is 2.25. The van der Waals surface area contributed by atoms with E-state index in [1.165, 1.54) is 12.8 Å². The van der Waals surface area contributed by atoms with Crippen LogP contribution in [0.4, 0.5) is 0 Å². The molecule has 156 valence electrons. The van der Waals surface area contributed by atoms with E-state index in [-0.39, 0.29) is 30.7 Å². The van der Waals surface area contributed by atoms with Gasteiger partial charge in [0.2, 0.25) is 17.7 Å². The number of carbonyl (C=O) groups excluding carboxylic acids is 3. The molecule has 1 aromatic rings. The summed E-state index contributed by atoms with van der Waals surface area (Å²) in [4.78, 5) is 43.7. The molecular weight excluding hydrogens is 368 g/mol. The molecule has 1 aliphatic carbocycles. The van der Waals surface area contributed by atoms with Crippen LogP contribution in [0.2, 0.25) is 0 Å². The number of nitrogens with one attached hydrogen (secondary N) is 1. The molecule has 3 amide bonds. The van der Waals surface area contributed by atoms with Gasteiger partial charge in [-0.15, -0.1) is 0 Å². The Balaban J connectivity index is 1.36. The molecule has 1 N–H and O–H groups in total. The van der Waals surface area contributed by atoms with Crippen LogP contribution in [0.15, 0.2) is 30.3 Å². The van der Waals surface area contributed by atoms with E-state index in [2.05, 4.69) is 10.2 Å². The molecule has 2 heterocycles. The molecule has 1 saturated carbocycles. The topological polar surface area (TPSA) is 73.0 Å². The van der Waals surface area contributed by atoms with Crippen molar-refractivity contribution in [2.45, 2.75) is 50.7 Å². The lowest BCUT2D eigenvalue weighted by molar-refractivity contribution is -0.148. The van der Waals surface area contributed by atoms with Gasteiger partial charge in [0.25, 0.3) is 0 Å². The molecule has 0 bridgehead atoms. The SMILES string of the molecule is O=C1NCCN(Cc2ccccc2)[C@H]1CC(=O)N1CCN(C2CCCC2)C(=O)C1. The fourth-order valence-corrected chi connectivity index (χ4v) is 4.79. The molecule has 4 rings (SSSR count). The Bertz CT molecular complexity index is 748. The smallest absolute Gasteiger partial charge is 0.242 e. The van der Waals surface area contributed by atoms with Gasteiger partial charge in [0, 0.05) is 38.8 Å². The van der Waals surface area contributed by atoms with Crippen LogP contribution in [0.25, 0.3) is 0 Å². The summed E-state index contributed by atoms with van der Waals surface area (Å²) in [5.41, 5.74) is 1.13. The summed E-state index contributed by atoms with van der Waals surface area (Å²) in [6.45, 7) is 3.26. The van der Waals surface area contributed by atoms with Crippen molar-refractivity contribution in [1.82, 2.24) is 20.0 Å². The Kier molecular flexibility index (Phi) is 6.13. The minimum absolute atomic E-state index is 0.0470. The molecule has 7 heteroatoms. The Morgan fingerprint density at radius 2 is 1.79 bits per heavy atom. The van der Waals surface area contributed by atoms with Gasteiger partial charge < -0.3 is 15.1 Å². The summed E-state index contributed by atoms with van der Waals surface area (Å²) in [5.74, 6) is -0.160. The molecule has 3 aliphatic rings. The number of benzene rings is 1. The Morgan fingerprint density at radius 1 is 1.03 bits per heavy atom. The molecule has 1 aromatic carbocycles. The van der Waals surface area contributed by atoms with Gasteiger partial charge in [-0.1, -0.05) is 43.2 Å². The minimum atomic E-state index is -0.487. The number of carbonyl (C=O) groups is 3. The first kappa shape index (κ1) is 19.9. The zero-order valence-corrected chi connectivity index (χ0v) is 16.9. The van der Waals surface area contributed by atoms with Crippen LogP contribution in [0.5, 0.6) is 0 Å². The van der Waals surface area contributed by atoms with Crippen LogP contribution in [0, 0.1) is 0 Å². The first-order valence-corrected chi connectivity index (χ1v) is 10.7. The van der Waals surface area contributed by atoms with Gasteiger partial charge in [0.1, 0.15) is 0 Å². The quantitative estimate of drug-likeness (QED) is 0.803. The van der Waals surface area contributed by atoms with Gasteiger partial charge in [-0.3, -0.25) is 19.3 Å². The summed E-state index contributed by atoms with van der Waals surface area (Å²) in [5, 5.41) is 2.88. The maximum Gasteiger partial charge on any atom is 0.242 e. The average Bonchev–Trinajstić information content (AvgIpc) is 3.25. The molecule has 3 fully saturated rings. The van der Waals surface area contributed by atoms with Crippen molar-refractivity contribution in [1.29, 1.82) is 0 Å². The lowest BCUT2D eigenvalue weighted by atomic mass is 10.1. The first-order valence-electron chi connectivity index (χ1n) is 10.7. The summed E-state index contributed by atoms with van der Waals surface area (Å²) in [6, 6.07) is 9.86. The van der Waals surface area contributed by atoms with E-state index in [4.69, 9.17) is 0 Å². The maximum atomic E-state index is 12.9. The van der Waals surface area contributed by atoms with Gasteiger partial charge in [-0.05, 0) is 18.4 Å². The number of hydrogen-bond donors (Lipinski definition) is 1. The lowest BCUT2D eigenvalue weighted by Gasteiger charge is -2.39. The number of rotatable bonds is 5. The molecule has 0 aromatic heterocycles. The average molecular weight is 399 g/mol. The molecule has 0 unspecified atom stereocenters. The number of piperazine rings is 2. The fourth-order valence-electron chi connectivity index (χ4n) is 4.79. The van der Waals surface area contributed by atoms with E-state index in [1.807, 2.05) is 35.2 Å². The zero-order chi connectivity index (χ0) is 20.2. The van der Waals surface area contributed by atoms with E-state index in [0.29, 0.717) is 38.8 Å². The summed E-state index contributed by atoms with van der Waals surface area (Å²) in [6.07, 6.45) is 4.65. The van der Waals surface area contributed by atoms with Gasteiger partial charge in [-0.25, -0.2) is 0 Å². The van der Waals surface area contributed by atoms with Crippen LogP contribution in [-0.4, -0.2) is 77.2 Å². The van der Waals surface area contributed by atoms with Crippen molar-refractivity contribution in [2.75, 3.05) is 32.7 Å². The Labute approximate surface area is 172 Å². The second kappa shape index (κ2) is 8.95. The monoisotopic (exact) mass is 398 g/mol. The van der Waals surface area contributed by atoms with Gasteiger partial charge >= 0.3 is 0 Å². The third-order valence-corrected chi connectivity index (χ3v) is 6.41. The molecule has 7 nitrogen and oxygen atoms in total. The molecule has 2 saturated heterocycles. The normalized spacial score (nSPS) is 24.1. The van der Waals surface area contributed by atoms with Crippen LogP contribution in [0.1, 0.15) is 37.7 Å². The highest BCUT2D eigenvalue weighted by molar-refractivity contribution is 5.91. The van der Waals surface area contributed by atoms with Crippen molar-refractivity contribution in [3.8, 4) is 0 Å². The summed E-state index contributed by atoms with van der Waals surface area (Å²) >= 11 is 0. The standard InChI is InChI=1S/C22H30N4O3/c27-20(25-12-13-26(21(28)16-25)18-8-4-5-9-18)14-19-22(29)23-10-11-24(19)15-17-6-2-1-3-7-17/h1-3,6-7,18-19H,4-5,8-16H2,(H,23,29)/t19-/m0/s1. The van der Waals surface area contributed by atoms with Crippen LogP contribution < -0.4 is 5.32 Å². The molecule has 1 atom stereocenters. The van der Waals surface area contributed by atoms with Crippen molar-refractivity contribution in [3.63, 3.8) is 0 Å². The fraction of sp³-hybridized carbons (Fsp3) is 0.591. The zero-order valence-electron chi connectivity index (χ0n) is 16.9. The van der Waals surface area contributed by atoms with Crippen molar-refractivity contribution < 1.29 is 14.4 Å². The molecule has 29 heavy (non-hydrogen) atoms. The van der Waals surface area contributed by atoms with Crippen molar-refractivity contribution >= 4 is 17.7 Å². The largest absolute Gasteiger partial charge is 0.353 e. The van der Waals surface area contributed by atoms with Crippen molar-refractivity contribution in [3.05, 3.63) is 35.9 Å². The van der Waals surface area contributed by atoms with E-state index in [0.717, 1.165) is 18.4 Å². The Morgan fingerprint density at radius 3 is 2.52 bits per heavy atom. The predicted molar refractivity (Wildman–Crippen MR) is 109 cm³/mol. The van der Waals surface area contributed by atoms with E-state index >= 15 is 0 Å². The number of amides is 3. The second-order valence-electron chi connectivity index (χ2n) is 8.31. The third-order valence-electron chi connectivity index (χ3n) is 6.41. The van der Waals surface area contributed by atoms with E-state index in [1.54, 1.807) is 4.90 Å².